The maximum Gasteiger partial charge on any atom is 0.165 e. The molecule has 1 N–H and O–H groups in total. The first-order valence-corrected chi connectivity index (χ1v) is 9.54. The summed E-state index contributed by atoms with van der Waals surface area (Å²) >= 11 is 0. The lowest BCUT2D eigenvalue weighted by atomic mass is 9.82. The van der Waals surface area contributed by atoms with E-state index in [-0.39, 0.29) is 5.92 Å². The van der Waals surface area contributed by atoms with Crippen molar-refractivity contribution in [2.24, 2.45) is 23.7 Å². The summed E-state index contributed by atoms with van der Waals surface area (Å²) in [4.78, 5) is 12.7. The lowest BCUT2D eigenvalue weighted by Gasteiger charge is -2.28. The summed E-state index contributed by atoms with van der Waals surface area (Å²) in [6.45, 7) is 4.62. The second-order valence-corrected chi connectivity index (χ2v) is 7.75. The lowest BCUT2D eigenvalue weighted by molar-refractivity contribution is 0.0877. The zero-order chi connectivity index (χ0) is 16.1. The molecule has 2 aliphatic rings. The van der Waals surface area contributed by atoms with Gasteiger partial charge < -0.3 is 5.32 Å². The van der Waals surface area contributed by atoms with E-state index in [1.807, 2.05) is 30.3 Å². The summed E-state index contributed by atoms with van der Waals surface area (Å²) in [6, 6.07) is 9.85. The minimum Gasteiger partial charge on any atom is -0.316 e. The van der Waals surface area contributed by atoms with Crippen molar-refractivity contribution in [2.75, 3.05) is 13.1 Å². The van der Waals surface area contributed by atoms with E-state index in [0.717, 1.165) is 17.4 Å². The van der Waals surface area contributed by atoms with Gasteiger partial charge in [0.2, 0.25) is 0 Å². The molecule has 1 aliphatic carbocycles. The molecule has 1 saturated heterocycles. The van der Waals surface area contributed by atoms with E-state index in [4.69, 9.17) is 0 Å². The minimum absolute atomic E-state index is 0.173. The summed E-state index contributed by atoms with van der Waals surface area (Å²) in [6.07, 6.45) is 9.31. The van der Waals surface area contributed by atoms with E-state index in [1.54, 1.807) is 0 Å². The van der Waals surface area contributed by atoms with Crippen LogP contribution >= 0.6 is 0 Å². The van der Waals surface area contributed by atoms with Crippen molar-refractivity contribution < 1.29 is 4.79 Å². The third-order valence-corrected chi connectivity index (χ3v) is 6.16. The van der Waals surface area contributed by atoms with Crippen molar-refractivity contribution in [3.05, 3.63) is 35.9 Å². The van der Waals surface area contributed by atoms with Crippen LogP contribution < -0.4 is 5.32 Å². The van der Waals surface area contributed by atoms with Crippen LogP contribution in [0.25, 0.3) is 0 Å². The molecule has 23 heavy (non-hydrogen) atoms. The summed E-state index contributed by atoms with van der Waals surface area (Å²) < 4.78 is 0. The Hall–Kier alpha value is -1.15. The van der Waals surface area contributed by atoms with Crippen LogP contribution in [-0.2, 0) is 0 Å². The number of hydrogen-bond acceptors (Lipinski definition) is 2. The molecule has 2 fully saturated rings. The minimum atomic E-state index is 0.173. The molecule has 126 valence electrons. The molecule has 0 spiro atoms. The highest BCUT2D eigenvalue weighted by molar-refractivity contribution is 5.97. The topological polar surface area (TPSA) is 29.1 Å². The molecule has 3 unspecified atom stereocenters. The smallest absolute Gasteiger partial charge is 0.165 e. The van der Waals surface area contributed by atoms with Crippen LogP contribution in [0.2, 0.25) is 0 Å². The van der Waals surface area contributed by atoms with E-state index < -0.39 is 0 Å². The van der Waals surface area contributed by atoms with Gasteiger partial charge >= 0.3 is 0 Å². The Bertz CT molecular complexity index is 494. The predicted molar refractivity (Wildman–Crippen MR) is 95.6 cm³/mol. The van der Waals surface area contributed by atoms with Crippen molar-refractivity contribution in [2.45, 2.75) is 51.9 Å². The van der Waals surface area contributed by atoms with Gasteiger partial charge in [-0.2, -0.15) is 0 Å². The molecule has 1 aromatic rings. The highest BCUT2D eigenvalue weighted by Crippen LogP contribution is 2.35. The second kappa shape index (κ2) is 8.10. The lowest BCUT2D eigenvalue weighted by Crippen LogP contribution is -2.41. The molecule has 1 heterocycles. The first kappa shape index (κ1) is 16.7. The number of nitrogens with one attached hydrogen (secondary N) is 1. The number of carbonyl (C=O) groups excluding carboxylic acids is 1. The SMILES string of the molecule is CC(C(=O)c1ccccc1)C1CCCC(CCC2CNC2)CC1. The van der Waals surface area contributed by atoms with Crippen LogP contribution in [0, 0.1) is 23.7 Å². The molecule has 1 aliphatic heterocycles. The monoisotopic (exact) mass is 313 g/mol. The Morgan fingerprint density at radius 1 is 1.04 bits per heavy atom. The van der Waals surface area contributed by atoms with Gasteiger partial charge in [0.1, 0.15) is 0 Å². The number of hydrogen-bond donors (Lipinski definition) is 1. The van der Waals surface area contributed by atoms with Crippen molar-refractivity contribution in [3.63, 3.8) is 0 Å². The van der Waals surface area contributed by atoms with Crippen LogP contribution in [-0.4, -0.2) is 18.9 Å². The van der Waals surface area contributed by atoms with Gasteiger partial charge in [0.25, 0.3) is 0 Å². The van der Waals surface area contributed by atoms with E-state index >= 15 is 0 Å². The number of benzene rings is 1. The van der Waals surface area contributed by atoms with Gasteiger partial charge in [-0.1, -0.05) is 62.9 Å². The van der Waals surface area contributed by atoms with Gasteiger partial charge in [0.15, 0.2) is 5.78 Å². The number of carbonyl (C=O) groups is 1. The quantitative estimate of drug-likeness (QED) is 0.609. The van der Waals surface area contributed by atoms with Crippen LogP contribution in [0.4, 0.5) is 0 Å². The maximum absolute atomic E-state index is 12.7. The van der Waals surface area contributed by atoms with Gasteiger partial charge in [0.05, 0.1) is 0 Å². The van der Waals surface area contributed by atoms with Crippen molar-refractivity contribution >= 4 is 5.78 Å². The first-order chi connectivity index (χ1) is 11.2. The molecule has 2 heteroatoms. The third kappa shape index (κ3) is 4.44. The van der Waals surface area contributed by atoms with Crippen molar-refractivity contribution in [1.29, 1.82) is 0 Å². The normalized spacial score (nSPS) is 27.0. The molecule has 1 aromatic carbocycles. The van der Waals surface area contributed by atoms with E-state index in [9.17, 15) is 4.79 Å². The highest BCUT2D eigenvalue weighted by atomic mass is 16.1. The van der Waals surface area contributed by atoms with Crippen LogP contribution in [0.3, 0.4) is 0 Å². The molecule has 0 bridgehead atoms. The van der Waals surface area contributed by atoms with E-state index in [2.05, 4.69) is 12.2 Å². The summed E-state index contributed by atoms with van der Waals surface area (Å²) in [5.41, 5.74) is 0.887. The Morgan fingerprint density at radius 3 is 2.48 bits per heavy atom. The third-order valence-electron chi connectivity index (χ3n) is 6.16. The summed E-state index contributed by atoms with van der Waals surface area (Å²) in [5.74, 6) is 2.94. The Morgan fingerprint density at radius 2 is 1.78 bits per heavy atom. The zero-order valence-electron chi connectivity index (χ0n) is 14.5. The fraction of sp³-hybridized carbons (Fsp3) is 0.667. The summed E-state index contributed by atoms with van der Waals surface area (Å²) in [7, 11) is 0. The molecular formula is C21H31NO. The number of ketones is 1. The van der Waals surface area contributed by atoms with Crippen molar-refractivity contribution in [1.82, 2.24) is 5.32 Å². The van der Waals surface area contributed by atoms with Gasteiger partial charge in [0, 0.05) is 11.5 Å². The highest BCUT2D eigenvalue weighted by Gasteiger charge is 2.28. The largest absolute Gasteiger partial charge is 0.316 e. The number of rotatable bonds is 6. The molecule has 0 aromatic heterocycles. The molecular weight excluding hydrogens is 282 g/mol. The van der Waals surface area contributed by atoms with Gasteiger partial charge in [-0.3, -0.25) is 4.79 Å². The molecule has 1 saturated carbocycles. The molecule has 3 atom stereocenters. The van der Waals surface area contributed by atoms with Gasteiger partial charge in [-0.25, -0.2) is 0 Å². The van der Waals surface area contributed by atoms with E-state index in [0.29, 0.717) is 11.7 Å². The van der Waals surface area contributed by atoms with Crippen molar-refractivity contribution in [3.8, 4) is 0 Å². The Labute approximate surface area is 141 Å². The first-order valence-electron chi connectivity index (χ1n) is 9.54. The van der Waals surface area contributed by atoms with Crippen LogP contribution in [0.1, 0.15) is 62.2 Å². The predicted octanol–water partition coefficient (Wildman–Crippen LogP) is 4.70. The maximum atomic E-state index is 12.7. The van der Waals surface area contributed by atoms with Gasteiger partial charge in [-0.05, 0) is 50.1 Å². The molecule has 0 radical (unpaired) electrons. The molecule has 0 amide bonds. The van der Waals surface area contributed by atoms with Crippen LogP contribution in [0.5, 0.6) is 0 Å². The molecule has 3 rings (SSSR count). The molecule has 2 nitrogen and oxygen atoms in total. The fourth-order valence-corrected chi connectivity index (χ4v) is 4.30. The second-order valence-electron chi connectivity index (χ2n) is 7.75. The van der Waals surface area contributed by atoms with E-state index in [1.165, 1.54) is 58.0 Å². The Balaban J connectivity index is 1.49. The number of Topliss-reactive ketones (excluding diaryl/α,β-unsaturated/α-hetero) is 1. The standard InChI is InChI=1S/C21H31NO/c1-16(21(23)20-7-3-2-4-8-20)19-9-5-6-17(12-13-19)10-11-18-14-22-15-18/h2-4,7-8,16-19,22H,5-6,9-15H2,1H3. The zero-order valence-corrected chi connectivity index (χ0v) is 14.5. The Kier molecular flexibility index (Phi) is 5.88. The summed E-state index contributed by atoms with van der Waals surface area (Å²) in [5, 5.41) is 3.37. The average molecular weight is 313 g/mol. The van der Waals surface area contributed by atoms with Crippen LogP contribution in [0.15, 0.2) is 30.3 Å². The fourth-order valence-electron chi connectivity index (χ4n) is 4.30. The average Bonchev–Trinajstić information content (AvgIpc) is 2.78. The van der Waals surface area contributed by atoms with Gasteiger partial charge in [-0.15, -0.1) is 0 Å².